The standard InChI is InChI=1S/C16H22ClN3O/c1-11-15(17)14(20(3)19-11)10-13(18-2)16(21-4)12-8-6-5-7-9-12/h5-9,13,16,18H,10H2,1-4H3. The number of methoxy groups -OCH3 is 1. The van der Waals surface area contributed by atoms with Gasteiger partial charge in [0.25, 0.3) is 0 Å². The van der Waals surface area contributed by atoms with Gasteiger partial charge in [0.05, 0.1) is 22.5 Å². The maximum atomic E-state index is 6.36. The quantitative estimate of drug-likeness (QED) is 0.892. The number of hydrogen-bond donors (Lipinski definition) is 1. The maximum Gasteiger partial charge on any atom is 0.0977 e. The van der Waals surface area contributed by atoms with E-state index in [2.05, 4.69) is 22.5 Å². The number of rotatable bonds is 6. The van der Waals surface area contributed by atoms with Crippen LogP contribution >= 0.6 is 11.6 Å². The van der Waals surface area contributed by atoms with Crippen molar-refractivity contribution in [3.8, 4) is 0 Å². The molecule has 0 bridgehead atoms. The van der Waals surface area contributed by atoms with Crippen LogP contribution in [0.3, 0.4) is 0 Å². The molecule has 1 N–H and O–H groups in total. The van der Waals surface area contributed by atoms with Gasteiger partial charge in [-0.1, -0.05) is 41.9 Å². The normalized spacial score (nSPS) is 14.1. The van der Waals surface area contributed by atoms with Crippen molar-refractivity contribution < 1.29 is 4.74 Å². The summed E-state index contributed by atoms with van der Waals surface area (Å²) in [5.41, 5.74) is 3.03. The zero-order chi connectivity index (χ0) is 15.4. The summed E-state index contributed by atoms with van der Waals surface area (Å²) in [6.07, 6.45) is 0.711. The zero-order valence-electron chi connectivity index (χ0n) is 12.9. The Balaban J connectivity index is 2.26. The van der Waals surface area contributed by atoms with Gasteiger partial charge in [-0.2, -0.15) is 5.10 Å². The highest BCUT2D eigenvalue weighted by Gasteiger charge is 2.24. The molecule has 0 aliphatic rings. The molecular weight excluding hydrogens is 286 g/mol. The van der Waals surface area contributed by atoms with Gasteiger partial charge in [-0.25, -0.2) is 0 Å². The SMILES string of the molecule is CNC(Cc1c(Cl)c(C)nn1C)C(OC)c1ccccc1. The lowest BCUT2D eigenvalue weighted by molar-refractivity contribution is 0.0698. The Morgan fingerprint density at radius 1 is 1.33 bits per heavy atom. The second-order valence-corrected chi connectivity index (χ2v) is 5.51. The first-order valence-corrected chi connectivity index (χ1v) is 7.39. The van der Waals surface area contributed by atoms with Crippen LogP contribution in [0.1, 0.15) is 23.1 Å². The highest BCUT2D eigenvalue weighted by molar-refractivity contribution is 6.31. The van der Waals surface area contributed by atoms with Crippen molar-refractivity contribution in [2.24, 2.45) is 7.05 Å². The molecule has 114 valence electrons. The first kappa shape index (κ1) is 16.0. The molecule has 2 rings (SSSR count). The molecule has 5 heteroatoms. The third-order valence-electron chi connectivity index (χ3n) is 3.79. The first-order valence-electron chi connectivity index (χ1n) is 7.01. The van der Waals surface area contributed by atoms with Crippen LogP contribution in [0.25, 0.3) is 0 Å². The lowest BCUT2D eigenvalue weighted by Crippen LogP contribution is -2.35. The fourth-order valence-electron chi connectivity index (χ4n) is 2.65. The van der Waals surface area contributed by atoms with Gasteiger partial charge < -0.3 is 10.1 Å². The molecule has 1 aromatic carbocycles. The molecule has 0 aliphatic carbocycles. The van der Waals surface area contributed by atoms with Crippen molar-refractivity contribution in [1.29, 1.82) is 0 Å². The van der Waals surface area contributed by atoms with Gasteiger partial charge in [-0.15, -0.1) is 0 Å². The van der Waals surface area contributed by atoms with E-state index in [-0.39, 0.29) is 12.1 Å². The molecule has 0 saturated carbocycles. The Bertz CT molecular complexity index is 583. The average molecular weight is 308 g/mol. The topological polar surface area (TPSA) is 39.1 Å². The summed E-state index contributed by atoms with van der Waals surface area (Å²) in [4.78, 5) is 0. The molecule has 4 nitrogen and oxygen atoms in total. The lowest BCUT2D eigenvalue weighted by atomic mass is 9.98. The third kappa shape index (κ3) is 3.46. The Hall–Kier alpha value is -1.36. The summed E-state index contributed by atoms with van der Waals surface area (Å²) < 4.78 is 7.56. The smallest absolute Gasteiger partial charge is 0.0977 e. The summed E-state index contributed by atoms with van der Waals surface area (Å²) in [6.45, 7) is 1.92. The second kappa shape index (κ2) is 7.07. The van der Waals surface area contributed by atoms with E-state index in [1.807, 2.05) is 43.9 Å². The van der Waals surface area contributed by atoms with Crippen LogP contribution in [0.5, 0.6) is 0 Å². The number of ether oxygens (including phenoxy) is 1. The Kier molecular flexibility index (Phi) is 5.39. The predicted molar refractivity (Wildman–Crippen MR) is 85.7 cm³/mol. The van der Waals surface area contributed by atoms with Gasteiger partial charge in [0, 0.05) is 26.6 Å². The van der Waals surface area contributed by atoms with Crippen molar-refractivity contribution in [3.05, 3.63) is 52.3 Å². The Morgan fingerprint density at radius 2 is 2.00 bits per heavy atom. The molecule has 0 fully saturated rings. The Labute approximate surface area is 131 Å². The summed E-state index contributed by atoms with van der Waals surface area (Å²) >= 11 is 6.36. The van der Waals surface area contributed by atoms with E-state index < -0.39 is 0 Å². The van der Waals surface area contributed by atoms with Gasteiger partial charge in [0.2, 0.25) is 0 Å². The van der Waals surface area contributed by atoms with E-state index in [0.29, 0.717) is 0 Å². The summed E-state index contributed by atoms with van der Waals surface area (Å²) in [5, 5.41) is 8.45. The highest BCUT2D eigenvalue weighted by Crippen LogP contribution is 2.26. The van der Waals surface area contributed by atoms with Gasteiger partial charge >= 0.3 is 0 Å². The third-order valence-corrected chi connectivity index (χ3v) is 4.28. The number of nitrogens with zero attached hydrogens (tertiary/aromatic N) is 2. The molecule has 0 radical (unpaired) electrons. The minimum absolute atomic E-state index is 0.0394. The first-order chi connectivity index (χ1) is 10.1. The molecule has 2 atom stereocenters. The minimum Gasteiger partial charge on any atom is -0.375 e. The van der Waals surface area contributed by atoms with Crippen LogP contribution in [0.15, 0.2) is 30.3 Å². The fourth-order valence-corrected chi connectivity index (χ4v) is 2.88. The van der Waals surface area contributed by atoms with E-state index in [1.165, 1.54) is 0 Å². The number of halogens is 1. The van der Waals surface area contributed by atoms with Crippen molar-refractivity contribution in [2.75, 3.05) is 14.2 Å². The molecule has 0 spiro atoms. The van der Waals surface area contributed by atoms with Crippen LogP contribution < -0.4 is 5.32 Å². The predicted octanol–water partition coefficient (Wildman–Crippen LogP) is 2.90. The number of likely N-dealkylation sites (N-methyl/N-ethyl adjacent to an activating group) is 1. The highest BCUT2D eigenvalue weighted by atomic mass is 35.5. The Morgan fingerprint density at radius 3 is 2.48 bits per heavy atom. The summed E-state index contributed by atoms with van der Waals surface area (Å²) in [5.74, 6) is 0. The molecule has 2 unspecified atom stereocenters. The van der Waals surface area contributed by atoms with Gasteiger partial charge in [0.15, 0.2) is 0 Å². The van der Waals surface area contributed by atoms with E-state index in [9.17, 15) is 0 Å². The van der Waals surface area contributed by atoms with E-state index in [4.69, 9.17) is 16.3 Å². The molecular formula is C16H22ClN3O. The number of benzene rings is 1. The molecule has 1 aromatic heterocycles. The van der Waals surface area contributed by atoms with E-state index in [0.717, 1.165) is 28.4 Å². The van der Waals surface area contributed by atoms with Crippen molar-refractivity contribution in [2.45, 2.75) is 25.5 Å². The largest absolute Gasteiger partial charge is 0.375 e. The van der Waals surface area contributed by atoms with E-state index in [1.54, 1.807) is 7.11 Å². The molecule has 0 saturated heterocycles. The molecule has 1 heterocycles. The van der Waals surface area contributed by atoms with Crippen molar-refractivity contribution in [1.82, 2.24) is 15.1 Å². The molecule has 0 amide bonds. The number of aromatic nitrogens is 2. The maximum absolute atomic E-state index is 6.36. The average Bonchev–Trinajstić information content (AvgIpc) is 2.74. The zero-order valence-corrected chi connectivity index (χ0v) is 13.7. The molecule has 0 aliphatic heterocycles. The van der Waals surface area contributed by atoms with Gasteiger partial charge in [0.1, 0.15) is 0 Å². The van der Waals surface area contributed by atoms with Crippen LogP contribution in [-0.4, -0.2) is 30.0 Å². The van der Waals surface area contributed by atoms with Crippen molar-refractivity contribution in [3.63, 3.8) is 0 Å². The fraction of sp³-hybridized carbons (Fsp3) is 0.438. The monoisotopic (exact) mass is 307 g/mol. The van der Waals surface area contributed by atoms with Crippen LogP contribution in [0, 0.1) is 6.92 Å². The minimum atomic E-state index is -0.0394. The number of aryl methyl sites for hydroxylation is 2. The van der Waals surface area contributed by atoms with Gasteiger partial charge in [-0.3, -0.25) is 4.68 Å². The summed E-state index contributed by atoms with van der Waals surface area (Å²) in [7, 11) is 5.60. The van der Waals surface area contributed by atoms with Gasteiger partial charge in [-0.05, 0) is 19.5 Å². The second-order valence-electron chi connectivity index (χ2n) is 5.14. The van der Waals surface area contributed by atoms with Crippen molar-refractivity contribution >= 4 is 11.6 Å². The number of nitrogens with one attached hydrogen (secondary N) is 1. The number of hydrogen-bond acceptors (Lipinski definition) is 3. The van der Waals surface area contributed by atoms with Crippen LogP contribution in [0.4, 0.5) is 0 Å². The molecule has 21 heavy (non-hydrogen) atoms. The lowest BCUT2D eigenvalue weighted by Gasteiger charge is -2.26. The van der Waals surface area contributed by atoms with E-state index >= 15 is 0 Å². The van der Waals surface area contributed by atoms with Crippen LogP contribution in [-0.2, 0) is 18.2 Å². The molecule has 2 aromatic rings. The van der Waals surface area contributed by atoms with Crippen LogP contribution in [0.2, 0.25) is 5.02 Å². The summed E-state index contributed by atoms with van der Waals surface area (Å²) in [6, 6.07) is 10.3.